The van der Waals surface area contributed by atoms with E-state index in [1.54, 1.807) is 24.3 Å². The molecule has 0 spiro atoms. The molecule has 0 atom stereocenters. The molecule has 2 rings (SSSR count). The summed E-state index contributed by atoms with van der Waals surface area (Å²) in [7, 11) is 1.47. The van der Waals surface area contributed by atoms with Crippen LogP contribution in [0.5, 0.6) is 11.5 Å². The van der Waals surface area contributed by atoms with Crippen LogP contribution in [0.15, 0.2) is 42.5 Å². The fourth-order valence-electron chi connectivity index (χ4n) is 1.71. The van der Waals surface area contributed by atoms with Gasteiger partial charge in [0.15, 0.2) is 18.2 Å². The van der Waals surface area contributed by atoms with E-state index in [9.17, 15) is 9.18 Å². The lowest BCUT2D eigenvalue weighted by Crippen LogP contribution is -2.13. The van der Waals surface area contributed by atoms with Gasteiger partial charge >= 0.3 is 0 Å². The molecule has 2 aromatic carbocycles. The highest BCUT2D eigenvalue weighted by atomic mass is 35.5. The third kappa shape index (κ3) is 3.08. The van der Waals surface area contributed by atoms with Gasteiger partial charge in [0, 0.05) is 0 Å². The normalized spacial score (nSPS) is 10.2. The Kier molecular flexibility index (Phi) is 4.58. The van der Waals surface area contributed by atoms with Crippen molar-refractivity contribution in [2.24, 2.45) is 0 Å². The van der Waals surface area contributed by atoms with Crippen molar-refractivity contribution in [2.45, 2.75) is 0 Å². The number of ketones is 1. The van der Waals surface area contributed by atoms with Crippen LogP contribution < -0.4 is 9.47 Å². The van der Waals surface area contributed by atoms with Gasteiger partial charge in [-0.3, -0.25) is 4.79 Å². The Bertz CT molecular complexity index is 608. The van der Waals surface area contributed by atoms with Crippen LogP contribution in [0.1, 0.15) is 10.4 Å². The lowest BCUT2D eigenvalue weighted by atomic mass is 10.1. The van der Waals surface area contributed by atoms with Crippen molar-refractivity contribution >= 4 is 17.4 Å². The van der Waals surface area contributed by atoms with Crippen LogP contribution in [0.25, 0.3) is 0 Å². The molecule has 0 N–H and O–H groups in total. The van der Waals surface area contributed by atoms with Gasteiger partial charge in [0.25, 0.3) is 0 Å². The molecule has 0 fully saturated rings. The summed E-state index contributed by atoms with van der Waals surface area (Å²) in [6.07, 6.45) is 0. The van der Waals surface area contributed by atoms with Crippen LogP contribution in [0.4, 0.5) is 4.39 Å². The summed E-state index contributed by atoms with van der Waals surface area (Å²) >= 11 is 5.82. The largest absolute Gasteiger partial charge is 0.496 e. The molecule has 0 radical (unpaired) electrons. The van der Waals surface area contributed by atoms with Crippen molar-refractivity contribution < 1.29 is 18.7 Å². The minimum atomic E-state index is -0.606. The second kappa shape index (κ2) is 6.39. The lowest BCUT2D eigenvalue weighted by Gasteiger charge is -2.10. The van der Waals surface area contributed by atoms with Gasteiger partial charge in [-0.2, -0.15) is 0 Å². The number of rotatable bonds is 5. The summed E-state index contributed by atoms with van der Waals surface area (Å²) in [5.41, 5.74) is 0.377. The Hall–Kier alpha value is -2.07. The third-order valence-electron chi connectivity index (χ3n) is 2.67. The summed E-state index contributed by atoms with van der Waals surface area (Å²) in [5, 5.41) is 0.123. The van der Waals surface area contributed by atoms with E-state index in [1.165, 1.54) is 25.3 Å². The maximum Gasteiger partial charge on any atom is 0.203 e. The monoisotopic (exact) mass is 294 g/mol. The smallest absolute Gasteiger partial charge is 0.203 e. The van der Waals surface area contributed by atoms with Crippen LogP contribution in [-0.4, -0.2) is 19.5 Å². The number of para-hydroxylation sites is 2. The van der Waals surface area contributed by atoms with Crippen LogP contribution in [0.2, 0.25) is 5.02 Å². The summed E-state index contributed by atoms with van der Waals surface area (Å²) in [6.45, 7) is -0.318. The van der Waals surface area contributed by atoms with Gasteiger partial charge in [0.2, 0.25) is 5.78 Å². The Balaban J connectivity index is 2.13. The summed E-state index contributed by atoms with van der Waals surface area (Å²) in [6, 6.07) is 10.9. The molecule has 0 unspecified atom stereocenters. The van der Waals surface area contributed by atoms with E-state index in [0.29, 0.717) is 11.3 Å². The number of carbonyl (C=O) groups is 1. The molecule has 20 heavy (non-hydrogen) atoms. The number of ether oxygens (including phenoxy) is 2. The number of methoxy groups -OCH3 is 1. The van der Waals surface area contributed by atoms with E-state index >= 15 is 0 Å². The molecule has 3 nitrogen and oxygen atoms in total. The highest BCUT2D eigenvalue weighted by Crippen LogP contribution is 2.27. The molecule has 2 aromatic rings. The molecule has 0 heterocycles. The van der Waals surface area contributed by atoms with Gasteiger partial charge in [-0.1, -0.05) is 29.8 Å². The van der Waals surface area contributed by atoms with Crippen LogP contribution in [0.3, 0.4) is 0 Å². The minimum Gasteiger partial charge on any atom is -0.496 e. The number of carbonyl (C=O) groups excluding carboxylic acids is 1. The van der Waals surface area contributed by atoms with Crippen molar-refractivity contribution in [3.63, 3.8) is 0 Å². The van der Waals surface area contributed by atoms with Crippen molar-refractivity contribution in [2.75, 3.05) is 13.7 Å². The molecule has 0 aliphatic rings. The van der Waals surface area contributed by atoms with E-state index in [1.807, 2.05) is 0 Å². The Morgan fingerprint density at radius 1 is 1.20 bits per heavy atom. The Morgan fingerprint density at radius 2 is 1.95 bits per heavy atom. The summed E-state index contributed by atoms with van der Waals surface area (Å²) in [4.78, 5) is 12.0. The van der Waals surface area contributed by atoms with Gasteiger partial charge in [-0.15, -0.1) is 0 Å². The SMILES string of the molecule is COc1ccccc1C(=O)COc1c(F)cccc1Cl. The zero-order valence-corrected chi connectivity index (χ0v) is 11.5. The third-order valence-corrected chi connectivity index (χ3v) is 2.97. The molecule has 0 saturated heterocycles. The quantitative estimate of drug-likeness (QED) is 0.788. The predicted octanol–water partition coefficient (Wildman–Crippen LogP) is 3.75. The second-order valence-corrected chi connectivity index (χ2v) is 4.37. The maximum absolute atomic E-state index is 13.5. The standard InChI is InChI=1S/C15H12ClFO3/c1-19-14-8-3-2-5-10(14)13(18)9-20-15-11(16)6-4-7-12(15)17/h2-8H,9H2,1H3. The zero-order valence-electron chi connectivity index (χ0n) is 10.7. The summed E-state index contributed by atoms with van der Waals surface area (Å²) < 4.78 is 23.8. The molecular formula is C15H12ClFO3. The number of halogens is 2. The molecular weight excluding hydrogens is 283 g/mol. The first-order valence-electron chi connectivity index (χ1n) is 5.86. The first-order valence-corrected chi connectivity index (χ1v) is 6.24. The molecule has 0 aliphatic heterocycles. The van der Waals surface area contributed by atoms with Crippen LogP contribution in [-0.2, 0) is 0 Å². The molecule has 104 valence electrons. The lowest BCUT2D eigenvalue weighted by molar-refractivity contribution is 0.0916. The van der Waals surface area contributed by atoms with E-state index in [4.69, 9.17) is 21.1 Å². The van der Waals surface area contributed by atoms with Crippen molar-refractivity contribution in [1.82, 2.24) is 0 Å². The first-order chi connectivity index (χ1) is 9.63. The molecule has 0 aliphatic carbocycles. The Labute approximate surface area is 120 Å². The van der Waals surface area contributed by atoms with Crippen molar-refractivity contribution in [1.29, 1.82) is 0 Å². The van der Waals surface area contributed by atoms with E-state index < -0.39 is 5.82 Å². The number of hydrogen-bond acceptors (Lipinski definition) is 3. The fraction of sp³-hybridized carbons (Fsp3) is 0.133. The van der Waals surface area contributed by atoms with E-state index in [2.05, 4.69) is 0 Å². The molecule has 0 amide bonds. The van der Waals surface area contributed by atoms with Crippen molar-refractivity contribution in [3.05, 3.63) is 58.9 Å². The van der Waals surface area contributed by atoms with Gasteiger partial charge in [0.1, 0.15) is 5.75 Å². The highest BCUT2D eigenvalue weighted by Gasteiger charge is 2.15. The van der Waals surface area contributed by atoms with Gasteiger partial charge < -0.3 is 9.47 Å². The molecule has 0 bridgehead atoms. The van der Waals surface area contributed by atoms with E-state index in [0.717, 1.165) is 0 Å². The number of benzene rings is 2. The predicted molar refractivity (Wildman–Crippen MR) is 74.2 cm³/mol. The summed E-state index contributed by atoms with van der Waals surface area (Å²) in [5.74, 6) is -0.606. The molecule has 0 saturated carbocycles. The van der Waals surface area contributed by atoms with Gasteiger partial charge in [0.05, 0.1) is 17.7 Å². The zero-order chi connectivity index (χ0) is 14.5. The van der Waals surface area contributed by atoms with Gasteiger partial charge in [-0.05, 0) is 24.3 Å². The molecule has 5 heteroatoms. The fourth-order valence-corrected chi connectivity index (χ4v) is 1.93. The van der Waals surface area contributed by atoms with Gasteiger partial charge in [-0.25, -0.2) is 4.39 Å². The molecule has 0 aromatic heterocycles. The average molecular weight is 295 g/mol. The highest BCUT2D eigenvalue weighted by molar-refractivity contribution is 6.32. The minimum absolute atomic E-state index is 0.123. The first kappa shape index (κ1) is 14.3. The number of Topliss-reactive ketones (excluding diaryl/α,β-unsaturated/α-hetero) is 1. The van der Waals surface area contributed by atoms with Crippen LogP contribution >= 0.6 is 11.6 Å². The maximum atomic E-state index is 13.5. The second-order valence-electron chi connectivity index (χ2n) is 3.96. The van der Waals surface area contributed by atoms with Crippen LogP contribution in [0, 0.1) is 5.82 Å². The van der Waals surface area contributed by atoms with E-state index in [-0.39, 0.29) is 23.2 Å². The Morgan fingerprint density at radius 3 is 2.65 bits per heavy atom. The van der Waals surface area contributed by atoms with Crippen molar-refractivity contribution in [3.8, 4) is 11.5 Å². The average Bonchev–Trinajstić information content (AvgIpc) is 2.46. The number of hydrogen-bond donors (Lipinski definition) is 0. The topological polar surface area (TPSA) is 35.5 Å².